The number of para-hydroxylation sites is 1. The second-order valence-electron chi connectivity index (χ2n) is 14.9. The summed E-state index contributed by atoms with van der Waals surface area (Å²) in [6.07, 6.45) is 7.80. The Hall–Kier alpha value is -5.72. The molecule has 61 heavy (non-hydrogen) atoms. The zero-order valence-corrected chi connectivity index (χ0v) is 35.6. The quantitative estimate of drug-likeness (QED) is 0.0297. The van der Waals surface area contributed by atoms with E-state index in [9.17, 15) is 19.2 Å². The minimum atomic E-state index is -1.01. The van der Waals surface area contributed by atoms with E-state index in [-0.39, 0.29) is 43.4 Å². The molecule has 0 spiro atoms. The van der Waals surface area contributed by atoms with Crippen molar-refractivity contribution >= 4 is 57.8 Å². The topological polar surface area (TPSA) is 258 Å². The van der Waals surface area contributed by atoms with Crippen molar-refractivity contribution in [2.75, 3.05) is 20.1 Å². The van der Waals surface area contributed by atoms with Crippen LogP contribution in [0.3, 0.4) is 0 Å². The molecular weight excluding hydrogens is 816 g/mol. The number of hydrogen-bond donors (Lipinski definition) is 8. The Bertz CT molecular complexity index is 2440. The van der Waals surface area contributed by atoms with Crippen LogP contribution < -0.4 is 44.6 Å². The van der Waals surface area contributed by atoms with Crippen LogP contribution in [-0.4, -0.2) is 81.3 Å². The third-order valence-corrected chi connectivity index (χ3v) is 12.5. The Morgan fingerprint density at radius 2 is 1.74 bits per heavy atom. The van der Waals surface area contributed by atoms with E-state index in [2.05, 4.69) is 26.0 Å². The molecule has 0 unspecified atom stereocenters. The first kappa shape index (κ1) is 44.8. The van der Waals surface area contributed by atoms with Gasteiger partial charge in [0.05, 0.1) is 17.6 Å². The molecule has 4 heterocycles. The molecule has 3 atom stereocenters. The van der Waals surface area contributed by atoms with Crippen molar-refractivity contribution in [2.45, 2.75) is 86.2 Å². The van der Waals surface area contributed by atoms with Gasteiger partial charge in [-0.3, -0.25) is 19.2 Å². The maximum Gasteiger partial charge on any atom is 0.251 e. The summed E-state index contributed by atoms with van der Waals surface area (Å²) in [6, 6.07) is 15.6. The number of H-pyrrole nitrogens is 1. The standard InChI is InChI=1S/C43H53ClN12O4S/c1-55-36(20-28-23-50-33-10-3-2-9-30(28)33)41(59)52-24-31-29(26-15-19-56(38(57)21-26)25-37(47)54-48)13-14-32(44)39(31)61-42-27(8-7-18-49-42)22-51-34(12-6-17-46)40(58)53-35(43(55)60)11-4-5-16-45/h2-3,7-10,13-15,18-19,21,23,34-36,50-51H,4-6,11-12,16-17,20,22,24-25,45-46,48H2,1H3,(H2,47,54)(H,52,59)(H,53,58)/t34-,35-,36-/m0/s1. The smallest absolute Gasteiger partial charge is 0.251 e. The van der Waals surface area contributed by atoms with Crippen molar-refractivity contribution in [1.29, 1.82) is 0 Å². The van der Waals surface area contributed by atoms with Crippen LogP contribution in [0.15, 0.2) is 99.1 Å². The number of aromatic nitrogens is 3. The van der Waals surface area contributed by atoms with Gasteiger partial charge in [-0.05, 0) is 97.3 Å². The number of nitrogens with two attached hydrogens (primary N) is 4. The highest BCUT2D eigenvalue weighted by Crippen LogP contribution is 2.41. The van der Waals surface area contributed by atoms with Gasteiger partial charge in [-0.15, -0.1) is 0 Å². The fourth-order valence-electron chi connectivity index (χ4n) is 7.43. The third-order valence-electron chi connectivity index (χ3n) is 10.8. The molecule has 322 valence electrons. The number of amides is 3. The Kier molecular flexibility index (Phi) is 15.6. The number of carbonyl (C=O) groups is 3. The number of halogens is 1. The molecule has 0 aliphatic carbocycles. The van der Waals surface area contributed by atoms with Crippen molar-refractivity contribution in [3.8, 4) is 11.1 Å². The van der Waals surface area contributed by atoms with E-state index in [4.69, 9.17) is 39.6 Å². The van der Waals surface area contributed by atoms with E-state index in [1.807, 2.05) is 42.6 Å². The Balaban J connectivity index is 1.49. The lowest BCUT2D eigenvalue weighted by atomic mass is 9.99. The molecule has 2 aromatic carbocycles. The first-order valence-corrected chi connectivity index (χ1v) is 21.4. The van der Waals surface area contributed by atoms with E-state index in [0.29, 0.717) is 76.8 Å². The third kappa shape index (κ3) is 11.0. The molecule has 6 rings (SSSR count). The monoisotopic (exact) mass is 868 g/mol. The SMILES string of the molecule is CN1C(=O)[C@H](CCCCN)NC(=O)[C@H](CCCN)NCc2cccnc2Sc2c(Cl)ccc(-c3ccn(C/C(N)=N/N)c(=O)c3)c2CNC(=O)[C@@H]1Cc1c[nH]c2ccccc12. The second-order valence-corrected chi connectivity index (χ2v) is 16.3. The molecule has 3 aromatic heterocycles. The minimum Gasteiger partial charge on any atom is -0.384 e. The van der Waals surface area contributed by atoms with Gasteiger partial charge in [-0.1, -0.05) is 53.7 Å². The molecule has 12 N–H and O–H groups in total. The van der Waals surface area contributed by atoms with Crippen LogP contribution in [0.1, 0.15) is 48.8 Å². The molecule has 0 radical (unpaired) electrons. The minimum absolute atomic E-state index is 0.00284. The number of fused-ring (bicyclic) bond motifs is 3. The van der Waals surface area contributed by atoms with Crippen molar-refractivity contribution in [2.24, 2.45) is 28.1 Å². The van der Waals surface area contributed by atoms with Crippen LogP contribution >= 0.6 is 23.4 Å². The van der Waals surface area contributed by atoms with Crippen LogP contribution in [0.4, 0.5) is 0 Å². The lowest BCUT2D eigenvalue weighted by Gasteiger charge is -2.32. The summed E-state index contributed by atoms with van der Waals surface area (Å²) in [5.41, 5.74) is 21.6. The molecule has 1 aliphatic rings. The summed E-state index contributed by atoms with van der Waals surface area (Å²) in [5.74, 6) is 4.21. The lowest BCUT2D eigenvalue weighted by molar-refractivity contribution is -0.142. The van der Waals surface area contributed by atoms with Gasteiger partial charge >= 0.3 is 0 Å². The number of rotatable bonds is 12. The fourth-order valence-corrected chi connectivity index (χ4v) is 8.78. The van der Waals surface area contributed by atoms with Gasteiger partial charge in [0.2, 0.25) is 17.7 Å². The predicted octanol–water partition coefficient (Wildman–Crippen LogP) is 2.94. The molecule has 0 fully saturated rings. The number of nitrogens with one attached hydrogen (secondary N) is 4. The number of nitrogens with zero attached hydrogens (tertiary/aromatic N) is 4. The number of hydrazone groups is 1. The molecule has 0 saturated carbocycles. The molecular formula is C43H53ClN12O4S. The van der Waals surface area contributed by atoms with Crippen LogP contribution in [0.25, 0.3) is 22.0 Å². The highest BCUT2D eigenvalue weighted by molar-refractivity contribution is 7.99. The summed E-state index contributed by atoms with van der Waals surface area (Å²) in [7, 11) is 1.59. The molecule has 0 saturated heterocycles. The number of pyridine rings is 2. The van der Waals surface area contributed by atoms with Crippen molar-refractivity contribution in [3.63, 3.8) is 0 Å². The molecule has 5 aromatic rings. The summed E-state index contributed by atoms with van der Waals surface area (Å²) >= 11 is 8.34. The summed E-state index contributed by atoms with van der Waals surface area (Å²) in [5, 5.41) is 15.0. The Labute approximate surface area is 363 Å². The van der Waals surface area contributed by atoms with Crippen molar-refractivity contribution in [1.82, 2.24) is 35.4 Å². The van der Waals surface area contributed by atoms with Gasteiger partial charge in [0, 0.05) is 67.0 Å². The average Bonchev–Trinajstić information content (AvgIpc) is 3.68. The van der Waals surface area contributed by atoms with Gasteiger partial charge in [0.25, 0.3) is 5.56 Å². The van der Waals surface area contributed by atoms with Crippen LogP contribution in [0.5, 0.6) is 0 Å². The maximum atomic E-state index is 14.8. The number of amidine groups is 1. The van der Waals surface area contributed by atoms with E-state index in [1.54, 1.807) is 37.6 Å². The van der Waals surface area contributed by atoms with Crippen molar-refractivity contribution in [3.05, 3.63) is 111 Å². The number of hydrogen-bond acceptors (Lipinski definition) is 11. The summed E-state index contributed by atoms with van der Waals surface area (Å²) in [6.45, 7) is 1.02. The number of likely N-dealkylation sites (N-methyl/N-ethyl adjacent to an activating group) is 1. The fraction of sp³-hybridized carbons (Fsp3) is 0.349. The molecule has 16 nitrogen and oxygen atoms in total. The predicted molar refractivity (Wildman–Crippen MR) is 239 cm³/mol. The van der Waals surface area contributed by atoms with E-state index < -0.39 is 29.9 Å². The van der Waals surface area contributed by atoms with Crippen LogP contribution in [0, 0.1) is 0 Å². The molecule has 3 amide bonds. The number of aromatic amines is 1. The van der Waals surface area contributed by atoms with Crippen LogP contribution in [-0.2, 0) is 40.4 Å². The first-order valence-electron chi connectivity index (χ1n) is 20.2. The van der Waals surface area contributed by atoms with E-state index in [0.717, 1.165) is 22.0 Å². The normalized spacial score (nSPS) is 18.3. The zero-order chi connectivity index (χ0) is 43.5. The Morgan fingerprint density at radius 3 is 2.51 bits per heavy atom. The highest BCUT2D eigenvalue weighted by atomic mass is 35.5. The highest BCUT2D eigenvalue weighted by Gasteiger charge is 2.34. The van der Waals surface area contributed by atoms with E-state index in [1.165, 1.54) is 27.3 Å². The largest absolute Gasteiger partial charge is 0.384 e. The van der Waals surface area contributed by atoms with Gasteiger partial charge in [0.15, 0.2) is 0 Å². The molecule has 18 heteroatoms. The second kappa shape index (κ2) is 21.2. The first-order chi connectivity index (χ1) is 29.5. The number of unbranched alkanes of at least 4 members (excludes halogenated alkanes) is 1. The number of carbonyl (C=O) groups excluding carboxylic acids is 3. The maximum absolute atomic E-state index is 14.8. The molecule has 0 bridgehead atoms. The zero-order valence-electron chi connectivity index (χ0n) is 34.0. The van der Waals surface area contributed by atoms with Gasteiger partial charge in [-0.2, -0.15) is 5.10 Å². The van der Waals surface area contributed by atoms with Crippen molar-refractivity contribution < 1.29 is 14.4 Å². The van der Waals surface area contributed by atoms with Gasteiger partial charge in [0.1, 0.15) is 22.9 Å². The van der Waals surface area contributed by atoms with Gasteiger partial charge in [-0.25, -0.2) is 4.98 Å². The van der Waals surface area contributed by atoms with Gasteiger partial charge < -0.3 is 53.4 Å². The Morgan fingerprint density at radius 1 is 0.951 bits per heavy atom. The van der Waals surface area contributed by atoms with Crippen LogP contribution in [0.2, 0.25) is 5.02 Å². The van der Waals surface area contributed by atoms with E-state index >= 15 is 0 Å². The number of benzene rings is 2. The lowest BCUT2D eigenvalue weighted by Crippen LogP contribution is -2.57. The summed E-state index contributed by atoms with van der Waals surface area (Å²) < 4.78 is 1.38. The molecule has 1 aliphatic heterocycles. The summed E-state index contributed by atoms with van der Waals surface area (Å²) in [4.78, 5) is 67.0. The average molecular weight is 869 g/mol.